The average molecular weight is 535 g/mol. The summed E-state index contributed by atoms with van der Waals surface area (Å²) < 4.78 is 6.00. The van der Waals surface area contributed by atoms with E-state index in [9.17, 15) is 10.1 Å². The molecule has 8 nitrogen and oxygen atoms in total. The predicted molar refractivity (Wildman–Crippen MR) is 139 cm³/mol. The number of rotatable bonds is 6. The summed E-state index contributed by atoms with van der Waals surface area (Å²) in [6.45, 7) is 4.32. The van der Waals surface area contributed by atoms with Gasteiger partial charge in [-0.3, -0.25) is 4.79 Å². The van der Waals surface area contributed by atoms with E-state index in [1.165, 1.54) is 18.2 Å². The fourth-order valence-electron chi connectivity index (χ4n) is 4.56. The first-order valence-corrected chi connectivity index (χ1v) is 12.1. The maximum Gasteiger partial charge on any atom is 0.256 e. The molecule has 180 valence electrons. The molecule has 1 saturated heterocycles. The molecule has 1 amide bonds. The van der Waals surface area contributed by atoms with Crippen LogP contribution >= 0.6 is 15.9 Å². The smallest absolute Gasteiger partial charge is 0.256 e. The number of aromatic nitrogens is 2. The van der Waals surface area contributed by atoms with Crippen LogP contribution in [-0.4, -0.2) is 48.0 Å². The number of aryl methyl sites for hydroxylation is 1. The van der Waals surface area contributed by atoms with Crippen molar-refractivity contribution >= 4 is 33.5 Å². The molecule has 1 fully saturated rings. The number of hydrogen-bond donors (Lipinski definition) is 2. The SMILES string of the molecule is COc1nc(Nc2ccc(C3CCN(C)CC3)c(C)c2)nc(-c2c(Br)cccc2C#N)c1C(N)=O. The lowest BCUT2D eigenvalue weighted by Gasteiger charge is -2.30. The van der Waals surface area contributed by atoms with Crippen LogP contribution in [0.3, 0.4) is 0 Å². The van der Waals surface area contributed by atoms with Crippen molar-refractivity contribution in [2.45, 2.75) is 25.7 Å². The number of nitrogens with two attached hydrogens (primary N) is 1. The number of nitrogens with zero attached hydrogens (tertiary/aromatic N) is 4. The Kier molecular flexibility index (Phi) is 7.34. The molecule has 0 saturated carbocycles. The Morgan fingerprint density at radius 1 is 1.26 bits per heavy atom. The highest BCUT2D eigenvalue weighted by atomic mass is 79.9. The maximum atomic E-state index is 12.3. The second-order valence-electron chi connectivity index (χ2n) is 8.69. The van der Waals surface area contributed by atoms with Crippen molar-refractivity contribution in [1.82, 2.24) is 14.9 Å². The van der Waals surface area contributed by atoms with Crippen molar-refractivity contribution in [2.24, 2.45) is 5.73 Å². The number of anilines is 2. The molecule has 0 atom stereocenters. The molecular formula is C26H27BrN6O2. The number of hydrogen-bond acceptors (Lipinski definition) is 7. The van der Waals surface area contributed by atoms with Crippen molar-refractivity contribution in [3.05, 3.63) is 63.1 Å². The Balaban J connectivity index is 1.74. The van der Waals surface area contributed by atoms with Gasteiger partial charge in [-0.1, -0.05) is 28.1 Å². The first kappa shape index (κ1) is 24.6. The number of likely N-dealkylation sites (tertiary alicyclic amines) is 1. The normalized spacial score (nSPS) is 14.4. The Morgan fingerprint density at radius 2 is 2.00 bits per heavy atom. The molecule has 2 aromatic carbocycles. The number of carbonyl (C=O) groups is 1. The summed E-state index contributed by atoms with van der Waals surface area (Å²) in [5, 5.41) is 12.9. The second-order valence-corrected chi connectivity index (χ2v) is 9.55. The molecule has 0 radical (unpaired) electrons. The molecule has 0 bridgehead atoms. The number of primary amides is 1. The van der Waals surface area contributed by atoms with Gasteiger partial charge in [0.2, 0.25) is 11.8 Å². The van der Waals surface area contributed by atoms with E-state index in [2.05, 4.69) is 68.3 Å². The van der Waals surface area contributed by atoms with Crippen LogP contribution in [0.15, 0.2) is 40.9 Å². The standard InChI is InChI=1S/C26H27BrN6O2/c1-15-13-18(7-8-19(15)16-9-11-33(2)12-10-16)30-26-31-23(22(24(29)34)25(32-26)35-3)21-17(14-28)5-4-6-20(21)27/h4-8,13,16H,9-12H2,1-3H3,(H2,29,34)(H,30,31,32). The lowest BCUT2D eigenvalue weighted by Crippen LogP contribution is -2.29. The first-order valence-electron chi connectivity index (χ1n) is 11.3. The number of nitriles is 1. The summed E-state index contributed by atoms with van der Waals surface area (Å²) in [7, 11) is 3.57. The molecule has 0 spiro atoms. The molecule has 4 rings (SSSR count). The molecule has 1 aliphatic rings. The minimum atomic E-state index is -0.749. The minimum Gasteiger partial charge on any atom is -0.480 e. The number of methoxy groups -OCH3 is 1. The second kappa shape index (κ2) is 10.4. The summed E-state index contributed by atoms with van der Waals surface area (Å²) in [5.41, 5.74) is 10.0. The Labute approximate surface area is 213 Å². The van der Waals surface area contributed by atoms with E-state index in [1.54, 1.807) is 18.2 Å². The number of nitrogens with one attached hydrogen (secondary N) is 1. The van der Waals surface area contributed by atoms with Gasteiger partial charge in [-0.25, -0.2) is 4.98 Å². The molecular weight excluding hydrogens is 508 g/mol. The van der Waals surface area contributed by atoms with Crippen molar-refractivity contribution in [2.75, 3.05) is 32.6 Å². The van der Waals surface area contributed by atoms with Gasteiger partial charge >= 0.3 is 0 Å². The van der Waals surface area contributed by atoms with E-state index in [4.69, 9.17) is 10.5 Å². The number of ether oxygens (including phenoxy) is 1. The van der Waals surface area contributed by atoms with E-state index >= 15 is 0 Å². The van der Waals surface area contributed by atoms with Crippen molar-refractivity contribution < 1.29 is 9.53 Å². The number of benzene rings is 2. The molecule has 35 heavy (non-hydrogen) atoms. The number of carbonyl (C=O) groups excluding carboxylic acids is 1. The van der Waals surface area contributed by atoms with Gasteiger partial charge in [0.05, 0.1) is 24.4 Å². The van der Waals surface area contributed by atoms with Gasteiger partial charge in [-0.05, 0) is 81.2 Å². The maximum absolute atomic E-state index is 12.3. The fraction of sp³-hybridized carbons (Fsp3) is 0.308. The summed E-state index contributed by atoms with van der Waals surface area (Å²) >= 11 is 3.48. The van der Waals surface area contributed by atoms with E-state index < -0.39 is 5.91 Å². The number of piperidine rings is 1. The molecule has 9 heteroatoms. The zero-order chi connectivity index (χ0) is 25.1. The minimum absolute atomic E-state index is 0.00949. The van der Waals surface area contributed by atoms with Crippen molar-refractivity contribution in [3.8, 4) is 23.2 Å². The van der Waals surface area contributed by atoms with Crippen LogP contribution in [0.4, 0.5) is 11.6 Å². The van der Waals surface area contributed by atoms with Crippen LogP contribution in [0.2, 0.25) is 0 Å². The van der Waals surface area contributed by atoms with Crippen LogP contribution < -0.4 is 15.8 Å². The van der Waals surface area contributed by atoms with Crippen LogP contribution in [0, 0.1) is 18.3 Å². The van der Waals surface area contributed by atoms with E-state index in [0.29, 0.717) is 21.5 Å². The Hall–Kier alpha value is -3.48. The Morgan fingerprint density at radius 3 is 2.63 bits per heavy atom. The van der Waals surface area contributed by atoms with Gasteiger partial charge in [-0.15, -0.1) is 0 Å². The lowest BCUT2D eigenvalue weighted by atomic mass is 9.87. The number of amides is 1. The quantitative estimate of drug-likeness (QED) is 0.468. The van der Waals surface area contributed by atoms with Crippen LogP contribution in [0.25, 0.3) is 11.3 Å². The molecule has 1 aliphatic heterocycles. The highest BCUT2D eigenvalue weighted by molar-refractivity contribution is 9.10. The fourth-order valence-corrected chi connectivity index (χ4v) is 5.12. The first-order chi connectivity index (χ1) is 16.8. The van der Waals surface area contributed by atoms with E-state index in [0.717, 1.165) is 31.6 Å². The number of halogens is 1. The van der Waals surface area contributed by atoms with E-state index in [1.807, 2.05) is 6.07 Å². The molecule has 3 aromatic rings. The van der Waals surface area contributed by atoms with Gasteiger partial charge in [0.15, 0.2) is 0 Å². The van der Waals surface area contributed by atoms with Gasteiger partial charge in [-0.2, -0.15) is 10.2 Å². The Bertz CT molecular complexity index is 1310. The topological polar surface area (TPSA) is 117 Å². The monoisotopic (exact) mass is 534 g/mol. The van der Waals surface area contributed by atoms with Crippen molar-refractivity contribution in [3.63, 3.8) is 0 Å². The average Bonchev–Trinajstić information content (AvgIpc) is 2.84. The van der Waals surface area contributed by atoms with Gasteiger partial charge in [0.25, 0.3) is 5.91 Å². The highest BCUT2D eigenvalue weighted by Gasteiger charge is 2.25. The largest absolute Gasteiger partial charge is 0.480 e. The third-order valence-electron chi connectivity index (χ3n) is 6.37. The zero-order valence-corrected chi connectivity index (χ0v) is 21.5. The van der Waals surface area contributed by atoms with Crippen LogP contribution in [-0.2, 0) is 0 Å². The van der Waals surface area contributed by atoms with Gasteiger partial charge in [0.1, 0.15) is 5.56 Å². The van der Waals surface area contributed by atoms with Gasteiger partial charge in [0, 0.05) is 15.7 Å². The lowest BCUT2D eigenvalue weighted by molar-refractivity contribution is 0.0997. The van der Waals surface area contributed by atoms with Crippen molar-refractivity contribution in [1.29, 1.82) is 5.26 Å². The summed E-state index contributed by atoms with van der Waals surface area (Å²) in [5.74, 6) is 0.0662. The van der Waals surface area contributed by atoms with E-state index in [-0.39, 0.29) is 23.1 Å². The highest BCUT2D eigenvalue weighted by Crippen LogP contribution is 2.37. The summed E-state index contributed by atoms with van der Waals surface area (Å²) in [6.07, 6.45) is 2.30. The predicted octanol–water partition coefficient (Wildman–Crippen LogP) is 4.75. The van der Waals surface area contributed by atoms with Crippen LogP contribution in [0.5, 0.6) is 5.88 Å². The molecule has 3 N–H and O–H groups in total. The third-order valence-corrected chi connectivity index (χ3v) is 7.03. The molecule has 1 aromatic heterocycles. The van der Waals surface area contributed by atoms with Crippen LogP contribution in [0.1, 0.15) is 45.8 Å². The zero-order valence-electron chi connectivity index (χ0n) is 19.9. The molecule has 0 unspecified atom stereocenters. The molecule has 0 aliphatic carbocycles. The summed E-state index contributed by atoms with van der Waals surface area (Å²) in [6, 6.07) is 13.6. The molecule has 2 heterocycles. The third kappa shape index (κ3) is 5.14. The van der Waals surface area contributed by atoms with Gasteiger partial charge < -0.3 is 20.7 Å². The summed E-state index contributed by atoms with van der Waals surface area (Å²) in [4.78, 5) is 23.7.